The molecule has 0 aromatic carbocycles. The summed E-state index contributed by atoms with van der Waals surface area (Å²) in [5.41, 5.74) is 0. The molecule has 13 heavy (non-hydrogen) atoms. The Balaban J connectivity index is 3.53. The van der Waals surface area contributed by atoms with Crippen molar-refractivity contribution < 1.29 is 19.7 Å². The van der Waals surface area contributed by atoms with Gasteiger partial charge in [0.15, 0.2) is 6.10 Å². The maximum Gasteiger partial charge on any atom is 0.370 e. The van der Waals surface area contributed by atoms with Crippen LogP contribution in [0.1, 0.15) is 39.0 Å². The molecule has 4 heteroatoms. The minimum absolute atomic E-state index is 0.607. The molecule has 0 saturated heterocycles. The summed E-state index contributed by atoms with van der Waals surface area (Å²) in [5, 5.41) is 8.11. The second-order valence-corrected chi connectivity index (χ2v) is 2.98. The first-order valence-corrected chi connectivity index (χ1v) is 4.64. The highest BCUT2D eigenvalue weighted by atomic mass is 17.1. The first kappa shape index (κ1) is 12.4. The topological polar surface area (TPSA) is 55.8 Å². The first-order valence-electron chi connectivity index (χ1n) is 4.64. The Morgan fingerprint density at radius 2 is 2.08 bits per heavy atom. The van der Waals surface area contributed by atoms with Crippen LogP contribution in [0.4, 0.5) is 0 Å². The Morgan fingerprint density at radius 1 is 1.38 bits per heavy atom. The fourth-order valence-corrected chi connectivity index (χ4v) is 1.15. The van der Waals surface area contributed by atoms with Gasteiger partial charge in [-0.2, -0.15) is 5.26 Å². The second-order valence-electron chi connectivity index (χ2n) is 2.98. The molecule has 1 unspecified atom stereocenters. The summed E-state index contributed by atoms with van der Waals surface area (Å²) in [7, 11) is 1.43. The van der Waals surface area contributed by atoms with Crippen LogP contribution in [0.15, 0.2) is 0 Å². The summed E-state index contributed by atoms with van der Waals surface area (Å²) in [6, 6.07) is 0. The van der Waals surface area contributed by atoms with Crippen molar-refractivity contribution in [1.82, 2.24) is 0 Å². The minimum atomic E-state index is -0.709. The smallest absolute Gasteiger partial charge is 0.370 e. The molecule has 0 radical (unpaired) electrons. The van der Waals surface area contributed by atoms with E-state index in [0.29, 0.717) is 6.42 Å². The Bertz CT molecular complexity index is 136. The number of rotatable bonds is 7. The molecule has 0 heterocycles. The molecule has 1 N–H and O–H groups in total. The Kier molecular flexibility index (Phi) is 7.63. The van der Waals surface area contributed by atoms with Crippen LogP contribution < -0.4 is 0 Å². The summed E-state index contributed by atoms with van der Waals surface area (Å²) in [6.07, 6.45) is 4.29. The fourth-order valence-electron chi connectivity index (χ4n) is 1.15. The lowest BCUT2D eigenvalue weighted by molar-refractivity contribution is -0.243. The van der Waals surface area contributed by atoms with Crippen molar-refractivity contribution in [3.8, 4) is 0 Å². The van der Waals surface area contributed by atoms with Crippen molar-refractivity contribution in [1.29, 1.82) is 0 Å². The van der Waals surface area contributed by atoms with E-state index in [9.17, 15) is 4.79 Å². The van der Waals surface area contributed by atoms with Gasteiger partial charge in [-0.15, -0.1) is 0 Å². The molecule has 0 aromatic rings. The first-order chi connectivity index (χ1) is 6.26. The van der Waals surface area contributed by atoms with Crippen molar-refractivity contribution >= 4 is 5.97 Å². The Hall–Kier alpha value is -0.610. The van der Waals surface area contributed by atoms with E-state index in [1.54, 1.807) is 0 Å². The quantitative estimate of drug-likeness (QED) is 0.379. The van der Waals surface area contributed by atoms with E-state index in [4.69, 9.17) is 9.99 Å². The monoisotopic (exact) mass is 190 g/mol. The van der Waals surface area contributed by atoms with Gasteiger partial charge < -0.3 is 4.74 Å². The molecule has 0 bridgehead atoms. The summed E-state index contributed by atoms with van der Waals surface area (Å²) in [5.74, 6) is -0.709. The zero-order valence-electron chi connectivity index (χ0n) is 8.28. The molecule has 0 spiro atoms. The highest BCUT2D eigenvalue weighted by molar-refractivity contribution is 5.73. The summed E-state index contributed by atoms with van der Waals surface area (Å²) >= 11 is 0. The van der Waals surface area contributed by atoms with Gasteiger partial charge >= 0.3 is 5.97 Å². The van der Waals surface area contributed by atoms with Crippen LogP contribution in [0, 0.1) is 0 Å². The van der Waals surface area contributed by atoms with E-state index < -0.39 is 12.1 Å². The Labute approximate surface area is 78.8 Å². The lowest BCUT2D eigenvalue weighted by Crippen LogP contribution is -2.24. The van der Waals surface area contributed by atoms with Crippen LogP contribution in [0.5, 0.6) is 0 Å². The predicted octanol–water partition coefficient (Wildman–Crippen LogP) is 1.99. The highest BCUT2D eigenvalue weighted by Crippen LogP contribution is 2.08. The average molecular weight is 190 g/mol. The number of unbranched alkanes of at least 4 members (excludes halogenated alkanes) is 3. The second kappa shape index (κ2) is 8.01. The Morgan fingerprint density at radius 3 is 2.54 bits per heavy atom. The van der Waals surface area contributed by atoms with Crippen molar-refractivity contribution in [3.63, 3.8) is 0 Å². The van der Waals surface area contributed by atoms with Crippen molar-refractivity contribution in [2.75, 3.05) is 7.11 Å². The van der Waals surface area contributed by atoms with Crippen LogP contribution in [0.25, 0.3) is 0 Å². The van der Waals surface area contributed by atoms with Crippen molar-refractivity contribution in [3.05, 3.63) is 0 Å². The van der Waals surface area contributed by atoms with Crippen LogP contribution in [0.3, 0.4) is 0 Å². The molecule has 4 nitrogen and oxygen atoms in total. The molecule has 0 fully saturated rings. The lowest BCUT2D eigenvalue weighted by Gasteiger charge is -2.10. The van der Waals surface area contributed by atoms with E-state index >= 15 is 0 Å². The summed E-state index contributed by atoms with van der Waals surface area (Å²) in [6.45, 7) is 2.12. The number of carbonyl (C=O) groups is 1. The molecule has 0 aliphatic rings. The molecule has 0 aliphatic carbocycles. The third-order valence-corrected chi connectivity index (χ3v) is 1.96. The van der Waals surface area contributed by atoms with Gasteiger partial charge in [-0.3, -0.25) is 4.89 Å². The van der Waals surface area contributed by atoms with E-state index in [2.05, 4.69) is 11.8 Å². The van der Waals surface area contributed by atoms with E-state index in [1.807, 2.05) is 0 Å². The number of methoxy groups -OCH3 is 1. The average Bonchev–Trinajstić information content (AvgIpc) is 2.17. The van der Waals surface area contributed by atoms with Gasteiger partial charge in [0.1, 0.15) is 0 Å². The molecular weight excluding hydrogens is 172 g/mol. The standard InChI is InChI=1S/C9H18O4/c1-3-4-5-6-7-8(12-2)9(10)13-11/h8,11H,3-7H2,1-2H3. The zero-order chi connectivity index (χ0) is 10.1. The van der Waals surface area contributed by atoms with Crippen molar-refractivity contribution in [2.24, 2.45) is 0 Å². The molecular formula is C9H18O4. The fraction of sp³-hybridized carbons (Fsp3) is 0.889. The number of carbonyl (C=O) groups excluding carboxylic acids is 1. The predicted molar refractivity (Wildman–Crippen MR) is 48.3 cm³/mol. The molecule has 78 valence electrons. The van der Waals surface area contributed by atoms with E-state index in [0.717, 1.165) is 25.7 Å². The van der Waals surface area contributed by atoms with Gasteiger partial charge in [0.25, 0.3) is 0 Å². The normalized spacial score (nSPS) is 12.5. The third-order valence-electron chi connectivity index (χ3n) is 1.96. The number of hydrogen-bond donors (Lipinski definition) is 1. The summed E-state index contributed by atoms with van der Waals surface area (Å²) in [4.78, 5) is 14.4. The SMILES string of the molecule is CCCCCCC(OC)C(=O)OO. The largest absolute Gasteiger partial charge is 0.370 e. The van der Waals surface area contributed by atoms with Gasteiger partial charge in [0.05, 0.1) is 0 Å². The molecule has 0 amide bonds. The number of hydrogen-bond acceptors (Lipinski definition) is 4. The summed E-state index contributed by atoms with van der Waals surface area (Å²) < 4.78 is 4.85. The molecule has 0 aliphatic heterocycles. The number of ether oxygens (including phenoxy) is 1. The van der Waals surface area contributed by atoms with Gasteiger partial charge in [-0.05, 0) is 6.42 Å². The highest BCUT2D eigenvalue weighted by Gasteiger charge is 2.18. The van der Waals surface area contributed by atoms with Gasteiger partial charge in [0.2, 0.25) is 0 Å². The molecule has 0 saturated carbocycles. The van der Waals surface area contributed by atoms with Crippen molar-refractivity contribution in [2.45, 2.75) is 45.1 Å². The van der Waals surface area contributed by atoms with Crippen LogP contribution in [0.2, 0.25) is 0 Å². The molecule has 0 aromatic heterocycles. The molecule has 1 atom stereocenters. The van der Waals surface area contributed by atoms with Crippen LogP contribution in [-0.2, 0) is 14.4 Å². The van der Waals surface area contributed by atoms with E-state index in [1.165, 1.54) is 7.11 Å². The van der Waals surface area contributed by atoms with Gasteiger partial charge in [-0.25, -0.2) is 4.79 Å². The lowest BCUT2D eigenvalue weighted by atomic mass is 10.1. The van der Waals surface area contributed by atoms with Crippen LogP contribution in [-0.4, -0.2) is 24.4 Å². The van der Waals surface area contributed by atoms with Crippen LogP contribution >= 0.6 is 0 Å². The minimum Gasteiger partial charge on any atom is -0.370 e. The molecule has 0 rings (SSSR count). The maximum atomic E-state index is 10.8. The van der Waals surface area contributed by atoms with Gasteiger partial charge in [0, 0.05) is 7.11 Å². The zero-order valence-corrected chi connectivity index (χ0v) is 8.28. The maximum absolute atomic E-state index is 10.8. The third kappa shape index (κ3) is 5.60. The van der Waals surface area contributed by atoms with E-state index in [-0.39, 0.29) is 0 Å². The van der Waals surface area contributed by atoms with Gasteiger partial charge in [-0.1, -0.05) is 32.6 Å².